The van der Waals surface area contributed by atoms with Crippen molar-refractivity contribution >= 4 is 11.9 Å². The van der Waals surface area contributed by atoms with Gasteiger partial charge in [0.25, 0.3) is 5.91 Å². The van der Waals surface area contributed by atoms with Crippen molar-refractivity contribution in [2.24, 2.45) is 0 Å². The minimum atomic E-state index is -0.386. The Labute approximate surface area is 124 Å². The quantitative estimate of drug-likeness (QED) is 0.732. The molecule has 0 aliphatic heterocycles. The minimum Gasteiger partial charge on any atom is -0.493 e. The second kappa shape index (κ2) is 8.84. The molecule has 21 heavy (non-hydrogen) atoms. The van der Waals surface area contributed by atoms with Crippen LogP contribution in [0.4, 0.5) is 0 Å². The second-order valence-corrected chi connectivity index (χ2v) is 4.34. The number of esters is 1. The molecule has 1 N–H and O–H groups in total. The van der Waals surface area contributed by atoms with Crippen molar-refractivity contribution in [2.75, 3.05) is 27.4 Å². The van der Waals surface area contributed by atoms with Gasteiger partial charge in [-0.3, -0.25) is 9.59 Å². The molecule has 0 saturated heterocycles. The fourth-order valence-electron chi connectivity index (χ4n) is 1.71. The Morgan fingerprint density at radius 2 is 2.00 bits per heavy atom. The molecule has 1 aromatic carbocycles. The zero-order chi connectivity index (χ0) is 15.7. The molecule has 0 bridgehead atoms. The summed E-state index contributed by atoms with van der Waals surface area (Å²) in [4.78, 5) is 23.0. The number of rotatable bonds is 8. The van der Waals surface area contributed by atoms with Crippen LogP contribution in [-0.4, -0.2) is 39.2 Å². The molecule has 1 aromatic rings. The minimum absolute atomic E-state index is 0.0552. The molecule has 0 saturated carbocycles. The molecule has 0 heterocycles. The third-order valence-electron chi connectivity index (χ3n) is 2.76. The molecule has 0 aliphatic carbocycles. The summed E-state index contributed by atoms with van der Waals surface area (Å²) in [6.45, 7) is 2.44. The lowest BCUT2D eigenvalue weighted by Crippen LogP contribution is -2.29. The smallest absolute Gasteiger partial charge is 0.310 e. The molecule has 6 nitrogen and oxygen atoms in total. The van der Waals surface area contributed by atoms with E-state index in [1.54, 1.807) is 18.2 Å². The van der Waals surface area contributed by atoms with E-state index in [1.807, 2.05) is 6.92 Å². The zero-order valence-electron chi connectivity index (χ0n) is 12.6. The van der Waals surface area contributed by atoms with E-state index >= 15 is 0 Å². The largest absolute Gasteiger partial charge is 0.493 e. The number of carbonyl (C=O) groups excluding carboxylic acids is 2. The van der Waals surface area contributed by atoms with E-state index in [9.17, 15) is 9.59 Å². The number of ether oxygens (including phenoxy) is 3. The van der Waals surface area contributed by atoms with E-state index in [4.69, 9.17) is 9.47 Å². The van der Waals surface area contributed by atoms with Gasteiger partial charge < -0.3 is 19.5 Å². The maximum absolute atomic E-state index is 11.6. The predicted molar refractivity (Wildman–Crippen MR) is 77.5 cm³/mol. The Bertz CT molecular complexity index is 487. The van der Waals surface area contributed by atoms with Gasteiger partial charge in [-0.05, 0) is 12.5 Å². The highest BCUT2D eigenvalue weighted by molar-refractivity contribution is 5.78. The van der Waals surface area contributed by atoms with Gasteiger partial charge in [0.1, 0.15) is 0 Å². The van der Waals surface area contributed by atoms with Crippen LogP contribution in [0, 0.1) is 0 Å². The van der Waals surface area contributed by atoms with Crippen molar-refractivity contribution in [1.82, 2.24) is 5.32 Å². The predicted octanol–water partition coefficient (Wildman–Crippen LogP) is 1.32. The van der Waals surface area contributed by atoms with Crippen LogP contribution in [0.15, 0.2) is 18.2 Å². The Kier molecular flexibility index (Phi) is 7.08. The van der Waals surface area contributed by atoms with E-state index in [0.717, 1.165) is 6.42 Å². The fraction of sp³-hybridized carbons (Fsp3) is 0.467. The van der Waals surface area contributed by atoms with Gasteiger partial charge in [-0.2, -0.15) is 0 Å². The summed E-state index contributed by atoms with van der Waals surface area (Å²) in [6.07, 6.45) is 0.910. The van der Waals surface area contributed by atoms with Gasteiger partial charge in [-0.25, -0.2) is 0 Å². The third kappa shape index (κ3) is 5.33. The molecule has 0 aromatic heterocycles. The van der Waals surface area contributed by atoms with Crippen LogP contribution in [0.5, 0.6) is 11.5 Å². The van der Waals surface area contributed by atoms with Gasteiger partial charge in [0.2, 0.25) is 0 Å². The topological polar surface area (TPSA) is 73.9 Å². The number of para-hydroxylation sites is 1. The lowest BCUT2D eigenvalue weighted by Gasteiger charge is -2.14. The molecule has 0 radical (unpaired) electrons. The first-order valence-corrected chi connectivity index (χ1v) is 6.74. The molecular formula is C15H21NO5. The van der Waals surface area contributed by atoms with E-state index < -0.39 is 0 Å². The number of hydrogen-bond donors (Lipinski definition) is 1. The van der Waals surface area contributed by atoms with Crippen LogP contribution in [0.2, 0.25) is 0 Å². The molecule has 0 fully saturated rings. The van der Waals surface area contributed by atoms with Crippen LogP contribution in [-0.2, 0) is 20.7 Å². The second-order valence-electron chi connectivity index (χ2n) is 4.34. The van der Waals surface area contributed by atoms with Gasteiger partial charge in [-0.1, -0.05) is 19.1 Å². The van der Waals surface area contributed by atoms with Crippen LogP contribution >= 0.6 is 0 Å². The highest BCUT2D eigenvalue weighted by atomic mass is 16.5. The highest BCUT2D eigenvalue weighted by Gasteiger charge is 2.15. The molecule has 1 rings (SSSR count). The van der Waals surface area contributed by atoms with E-state index in [-0.39, 0.29) is 24.9 Å². The summed E-state index contributed by atoms with van der Waals surface area (Å²) in [6, 6.07) is 5.19. The molecular weight excluding hydrogens is 274 g/mol. The molecule has 1 amide bonds. The number of amides is 1. The maximum Gasteiger partial charge on any atom is 0.310 e. The number of carbonyl (C=O) groups is 2. The van der Waals surface area contributed by atoms with E-state index in [2.05, 4.69) is 10.1 Å². The van der Waals surface area contributed by atoms with Gasteiger partial charge >= 0.3 is 5.97 Å². The Morgan fingerprint density at radius 3 is 2.62 bits per heavy atom. The summed E-state index contributed by atoms with van der Waals surface area (Å²) < 4.78 is 15.4. The SMILES string of the molecule is CCCNC(=O)COc1c(CC(=O)OC)cccc1OC. The van der Waals surface area contributed by atoms with Crippen LogP contribution in [0.1, 0.15) is 18.9 Å². The van der Waals surface area contributed by atoms with Gasteiger partial charge in [0, 0.05) is 12.1 Å². The molecule has 0 atom stereocenters. The first kappa shape index (κ1) is 16.8. The Morgan fingerprint density at radius 1 is 1.24 bits per heavy atom. The first-order valence-electron chi connectivity index (χ1n) is 6.74. The van der Waals surface area contributed by atoms with Gasteiger partial charge in [0.15, 0.2) is 18.1 Å². The average molecular weight is 295 g/mol. The lowest BCUT2D eigenvalue weighted by atomic mass is 10.1. The lowest BCUT2D eigenvalue weighted by molar-refractivity contribution is -0.139. The molecule has 116 valence electrons. The summed E-state index contributed by atoms with van der Waals surface area (Å²) >= 11 is 0. The molecule has 0 spiro atoms. The van der Waals surface area contributed by atoms with E-state index in [0.29, 0.717) is 23.6 Å². The monoisotopic (exact) mass is 295 g/mol. The summed E-state index contributed by atoms with van der Waals surface area (Å²) in [7, 11) is 2.82. The summed E-state index contributed by atoms with van der Waals surface area (Å²) in [5.41, 5.74) is 0.615. The normalized spacial score (nSPS) is 9.86. The van der Waals surface area contributed by atoms with Crippen molar-refractivity contribution in [2.45, 2.75) is 19.8 Å². The zero-order valence-corrected chi connectivity index (χ0v) is 12.6. The van der Waals surface area contributed by atoms with Crippen molar-refractivity contribution in [1.29, 1.82) is 0 Å². The molecule has 0 unspecified atom stereocenters. The molecule has 0 aliphatic rings. The van der Waals surface area contributed by atoms with Crippen LogP contribution < -0.4 is 14.8 Å². The highest BCUT2D eigenvalue weighted by Crippen LogP contribution is 2.31. The number of benzene rings is 1. The average Bonchev–Trinajstić information content (AvgIpc) is 2.51. The number of methoxy groups -OCH3 is 2. The van der Waals surface area contributed by atoms with Crippen molar-refractivity contribution in [3.8, 4) is 11.5 Å². The van der Waals surface area contributed by atoms with Gasteiger partial charge in [-0.15, -0.1) is 0 Å². The van der Waals surface area contributed by atoms with Crippen LogP contribution in [0.25, 0.3) is 0 Å². The van der Waals surface area contributed by atoms with Gasteiger partial charge in [0.05, 0.1) is 20.6 Å². The van der Waals surface area contributed by atoms with E-state index in [1.165, 1.54) is 14.2 Å². The standard InChI is InChI=1S/C15H21NO5/c1-4-8-16-13(17)10-21-15-11(9-14(18)20-3)6-5-7-12(15)19-2/h5-7H,4,8-10H2,1-3H3,(H,16,17). The van der Waals surface area contributed by atoms with Crippen molar-refractivity contribution in [3.63, 3.8) is 0 Å². The Hall–Kier alpha value is -2.24. The number of hydrogen-bond acceptors (Lipinski definition) is 5. The maximum atomic E-state index is 11.6. The molecule has 6 heteroatoms. The van der Waals surface area contributed by atoms with Crippen molar-refractivity contribution in [3.05, 3.63) is 23.8 Å². The van der Waals surface area contributed by atoms with Crippen molar-refractivity contribution < 1.29 is 23.8 Å². The summed E-state index contributed by atoms with van der Waals surface area (Å²) in [5, 5.41) is 2.72. The Balaban J connectivity index is 2.81. The first-order chi connectivity index (χ1) is 10.1. The summed E-state index contributed by atoms with van der Waals surface area (Å²) in [5.74, 6) is 0.257. The van der Waals surface area contributed by atoms with Crippen LogP contribution in [0.3, 0.4) is 0 Å². The number of nitrogens with one attached hydrogen (secondary N) is 1. The fourth-order valence-corrected chi connectivity index (χ4v) is 1.71. The third-order valence-corrected chi connectivity index (χ3v) is 2.76.